The molecule has 13 heavy (non-hydrogen) atoms. The number of rotatable bonds is 4. The Labute approximate surface area is 76.0 Å². The molecule has 1 rings (SSSR count). The van der Waals surface area contributed by atoms with E-state index >= 15 is 0 Å². The van der Waals surface area contributed by atoms with Crippen LogP contribution in [0.4, 0.5) is 8.78 Å². The molecule has 4 heteroatoms. The number of likely N-dealkylation sites (N-methyl/N-ethyl adjacent to an activating group) is 1. The predicted octanol–water partition coefficient (Wildman–Crippen LogP) is 1.78. The largest absolute Gasteiger partial charge is 0.311 e. The number of hydrogen-bond donors (Lipinski definition) is 1. The third-order valence-electron chi connectivity index (χ3n) is 1.70. The number of nitrogens with one attached hydrogen (secondary N) is 1. The van der Waals surface area contributed by atoms with E-state index in [9.17, 15) is 8.78 Å². The van der Waals surface area contributed by atoms with Crippen molar-refractivity contribution in [1.29, 1.82) is 0 Å². The van der Waals surface area contributed by atoms with Crippen LogP contribution in [-0.4, -0.2) is 18.1 Å². The zero-order chi connectivity index (χ0) is 9.73. The molecule has 0 aliphatic carbocycles. The van der Waals surface area contributed by atoms with Gasteiger partial charge in [0.1, 0.15) is 0 Å². The Balaban J connectivity index is 2.69. The van der Waals surface area contributed by atoms with Gasteiger partial charge < -0.3 is 5.32 Å². The highest BCUT2D eigenvalue weighted by molar-refractivity contribution is 5.16. The highest BCUT2D eigenvalue weighted by atomic mass is 19.3. The van der Waals surface area contributed by atoms with Crippen LogP contribution in [0.3, 0.4) is 0 Å². The fourth-order valence-corrected chi connectivity index (χ4v) is 0.980. The average Bonchev–Trinajstić information content (AvgIpc) is 2.16. The number of halogens is 2. The second-order valence-corrected chi connectivity index (χ2v) is 2.72. The molecule has 0 saturated carbocycles. The van der Waals surface area contributed by atoms with E-state index in [0.29, 0.717) is 6.54 Å². The third-order valence-corrected chi connectivity index (χ3v) is 1.70. The van der Waals surface area contributed by atoms with Crippen LogP contribution < -0.4 is 5.32 Å². The lowest BCUT2D eigenvalue weighted by Gasteiger charge is -2.16. The highest BCUT2D eigenvalue weighted by Crippen LogP contribution is 2.25. The minimum atomic E-state index is -2.81. The quantitative estimate of drug-likeness (QED) is 0.775. The van der Waals surface area contributed by atoms with Crippen LogP contribution in [-0.2, 0) is 5.92 Å². The van der Waals surface area contributed by atoms with Crippen LogP contribution in [0.2, 0.25) is 0 Å². The standard InChI is InChI=1S/C9H12F2N2/c1-2-12-7-9(10,11)8-3-5-13-6-4-8/h3-6,12H,2,7H2,1H3. The van der Waals surface area contributed by atoms with E-state index in [1.807, 2.05) is 0 Å². The Morgan fingerprint density at radius 1 is 1.38 bits per heavy atom. The predicted molar refractivity (Wildman–Crippen MR) is 46.7 cm³/mol. The molecule has 0 radical (unpaired) electrons. The van der Waals surface area contributed by atoms with Crippen molar-refractivity contribution in [2.45, 2.75) is 12.8 Å². The van der Waals surface area contributed by atoms with Gasteiger partial charge in [-0.1, -0.05) is 6.92 Å². The minimum absolute atomic E-state index is 0.00319. The summed E-state index contributed by atoms with van der Waals surface area (Å²) >= 11 is 0. The smallest absolute Gasteiger partial charge is 0.285 e. The van der Waals surface area contributed by atoms with Crippen molar-refractivity contribution in [3.05, 3.63) is 30.1 Å². The molecule has 1 N–H and O–H groups in total. The molecule has 0 aliphatic rings. The van der Waals surface area contributed by atoms with E-state index in [0.717, 1.165) is 0 Å². The van der Waals surface area contributed by atoms with Crippen LogP contribution in [0, 0.1) is 0 Å². The first-order valence-electron chi connectivity index (χ1n) is 4.16. The molecule has 2 nitrogen and oxygen atoms in total. The van der Waals surface area contributed by atoms with Crippen LogP contribution in [0.5, 0.6) is 0 Å². The van der Waals surface area contributed by atoms with Crippen molar-refractivity contribution in [3.63, 3.8) is 0 Å². The molecule has 72 valence electrons. The maximum absolute atomic E-state index is 13.3. The Bertz CT molecular complexity index is 249. The molecule has 0 aliphatic heterocycles. The molecule has 1 aromatic heterocycles. The number of pyridine rings is 1. The summed E-state index contributed by atoms with van der Waals surface area (Å²) in [4.78, 5) is 3.69. The monoisotopic (exact) mass is 186 g/mol. The summed E-state index contributed by atoms with van der Waals surface area (Å²) in [5.41, 5.74) is 0.00319. The molecular weight excluding hydrogens is 174 g/mol. The molecular formula is C9H12F2N2. The first-order valence-corrected chi connectivity index (χ1v) is 4.16. The summed E-state index contributed by atoms with van der Waals surface area (Å²) < 4.78 is 26.5. The minimum Gasteiger partial charge on any atom is -0.311 e. The maximum Gasteiger partial charge on any atom is 0.285 e. The lowest BCUT2D eigenvalue weighted by atomic mass is 10.1. The van der Waals surface area contributed by atoms with Crippen LogP contribution >= 0.6 is 0 Å². The zero-order valence-electron chi connectivity index (χ0n) is 7.43. The summed E-state index contributed by atoms with van der Waals surface area (Å²) in [6, 6.07) is 2.66. The summed E-state index contributed by atoms with van der Waals surface area (Å²) in [7, 11) is 0. The van der Waals surface area contributed by atoms with Gasteiger partial charge in [-0.25, -0.2) is 0 Å². The van der Waals surface area contributed by atoms with Gasteiger partial charge in [-0.05, 0) is 18.7 Å². The number of aromatic nitrogens is 1. The first-order chi connectivity index (χ1) is 6.17. The van der Waals surface area contributed by atoms with Crippen molar-refractivity contribution >= 4 is 0 Å². The lowest BCUT2D eigenvalue weighted by molar-refractivity contribution is -0.00268. The normalized spacial score (nSPS) is 11.6. The van der Waals surface area contributed by atoms with Gasteiger partial charge >= 0.3 is 0 Å². The highest BCUT2D eigenvalue weighted by Gasteiger charge is 2.30. The number of hydrogen-bond acceptors (Lipinski definition) is 2. The number of alkyl halides is 2. The summed E-state index contributed by atoms with van der Waals surface area (Å²) in [6.07, 6.45) is 2.74. The maximum atomic E-state index is 13.3. The molecule has 0 bridgehead atoms. The summed E-state index contributed by atoms with van der Waals surface area (Å²) in [6.45, 7) is 2.01. The topological polar surface area (TPSA) is 24.9 Å². The Morgan fingerprint density at radius 3 is 2.54 bits per heavy atom. The van der Waals surface area contributed by atoms with Gasteiger partial charge in [-0.2, -0.15) is 8.78 Å². The van der Waals surface area contributed by atoms with Gasteiger partial charge in [-0.3, -0.25) is 4.98 Å². The lowest BCUT2D eigenvalue weighted by Crippen LogP contribution is -2.30. The summed E-state index contributed by atoms with van der Waals surface area (Å²) in [5.74, 6) is -2.81. The molecule has 0 saturated heterocycles. The SMILES string of the molecule is CCNCC(F)(F)c1ccncc1. The van der Waals surface area contributed by atoms with Crippen molar-refractivity contribution in [2.75, 3.05) is 13.1 Å². The van der Waals surface area contributed by atoms with Crippen molar-refractivity contribution in [1.82, 2.24) is 10.3 Å². The van der Waals surface area contributed by atoms with E-state index in [1.165, 1.54) is 24.5 Å². The van der Waals surface area contributed by atoms with E-state index in [-0.39, 0.29) is 12.1 Å². The first kappa shape index (κ1) is 10.1. The molecule has 0 atom stereocenters. The van der Waals surface area contributed by atoms with Crippen molar-refractivity contribution in [2.24, 2.45) is 0 Å². The molecule has 0 unspecified atom stereocenters. The van der Waals surface area contributed by atoms with Crippen LogP contribution in [0.1, 0.15) is 12.5 Å². The van der Waals surface area contributed by atoms with E-state index in [4.69, 9.17) is 0 Å². The summed E-state index contributed by atoms with van der Waals surface area (Å²) in [5, 5.41) is 2.62. The second-order valence-electron chi connectivity index (χ2n) is 2.72. The Hall–Kier alpha value is -1.03. The molecule has 1 aromatic rings. The Kier molecular flexibility index (Phi) is 3.31. The fourth-order valence-electron chi connectivity index (χ4n) is 0.980. The molecule has 0 aromatic carbocycles. The van der Waals surface area contributed by atoms with E-state index in [1.54, 1.807) is 6.92 Å². The van der Waals surface area contributed by atoms with Gasteiger partial charge in [0.2, 0.25) is 0 Å². The van der Waals surface area contributed by atoms with Crippen LogP contribution in [0.25, 0.3) is 0 Å². The molecule has 0 amide bonds. The zero-order valence-corrected chi connectivity index (χ0v) is 7.43. The number of nitrogens with zero attached hydrogens (tertiary/aromatic N) is 1. The van der Waals surface area contributed by atoms with Crippen LogP contribution in [0.15, 0.2) is 24.5 Å². The third kappa shape index (κ3) is 2.73. The van der Waals surface area contributed by atoms with Gasteiger partial charge in [-0.15, -0.1) is 0 Å². The average molecular weight is 186 g/mol. The van der Waals surface area contributed by atoms with Gasteiger partial charge in [0.05, 0.1) is 6.54 Å². The molecule has 1 heterocycles. The van der Waals surface area contributed by atoms with E-state index in [2.05, 4.69) is 10.3 Å². The van der Waals surface area contributed by atoms with Gasteiger partial charge in [0, 0.05) is 18.0 Å². The van der Waals surface area contributed by atoms with Crippen molar-refractivity contribution in [3.8, 4) is 0 Å². The van der Waals surface area contributed by atoms with Gasteiger partial charge in [0.15, 0.2) is 0 Å². The van der Waals surface area contributed by atoms with Crippen molar-refractivity contribution < 1.29 is 8.78 Å². The fraction of sp³-hybridized carbons (Fsp3) is 0.444. The van der Waals surface area contributed by atoms with E-state index < -0.39 is 5.92 Å². The molecule has 0 fully saturated rings. The second kappa shape index (κ2) is 4.28. The van der Waals surface area contributed by atoms with Gasteiger partial charge in [0.25, 0.3) is 5.92 Å². The Morgan fingerprint density at radius 2 is 2.00 bits per heavy atom. The molecule has 0 spiro atoms.